The Balaban J connectivity index is 0.00000392. The summed E-state index contributed by atoms with van der Waals surface area (Å²) in [5, 5.41) is 6.85. The van der Waals surface area contributed by atoms with E-state index in [0.717, 1.165) is 37.5 Å². The minimum atomic E-state index is 0. The summed E-state index contributed by atoms with van der Waals surface area (Å²) < 4.78 is 11.8. The van der Waals surface area contributed by atoms with Gasteiger partial charge in [-0.1, -0.05) is 33.8 Å². The fourth-order valence-corrected chi connectivity index (χ4v) is 3.52. The molecule has 1 aliphatic rings. The van der Waals surface area contributed by atoms with Gasteiger partial charge in [-0.15, -0.1) is 24.0 Å². The predicted molar refractivity (Wildman–Crippen MR) is 126 cm³/mol. The molecule has 0 amide bonds. The number of hydrogen-bond acceptors (Lipinski definition) is 4. The largest absolute Gasteiger partial charge is 0.477 e. The van der Waals surface area contributed by atoms with E-state index >= 15 is 0 Å². The van der Waals surface area contributed by atoms with E-state index in [1.807, 2.05) is 12.1 Å². The van der Waals surface area contributed by atoms with Crippen molar-refractivity contribution in [2.75, 3.05) is 26.8 Å². The lowest BCUT2D eigenvalue weighted by molar-refractivity contribution is -0.0835. The van der Waals surface area contributed by atoms with Gasteiger partial charge in [0.05, 0.1) is 12.7 Å². The number of pyridine rings is 1. The predicted octanol–water partition coefficient (Wildman–Crippen LogP) is 3.99. The molecule has 0 aliphatic carbocycles. The number of hydrogen-bond donors (Lipinski definition) is 2. The number of nitrogens with zero attached hydrogens (tertiary/aromatic N) is 2. The first-order valence-electron chi connectivity index (χ1n) is 10.1. The molecule has 0 spiro atoms. The van der Waals surface area contributed by atoms with Crippen LogP contribution in [0, 0.1) is 11.3 Å². The van der Waals surface area contributed by atoms with Crippen molar-refractivity contribution >= 4 is 29.9 Å². The molecular weight excluding hydrogens is 467 g/mol. The minimum Gasteiger partial charge on any atom is -0.477 e. The molecule has 0 radical (unpaired) electrons. The lowest BCUT2D eigenvalue weighted by Gasteiger charge is -2.40. The zero-order valence-corrected chi connectivity index (χ0v) is 20.3. The molecule has 2 heterocycles. The maximum Gasteiger partial charge on any atom is 0.218 e. The van der Waals surface area contributed by atoms with Crippen molar-refractivity contribution in [2.45, 2.75) is 59.6 Å². The van der Waals surface area contributed by atoms with Crippen molar-refractivity contribution < 1.29 is 9.47 Å². The summed E-state index contributed by atoms with van der Waals surface area (Å²) in [6, 6.07) is 3.96. The van der Waals surface area contributed by atoms with Gasteiger partial charge in [0.1, 0.15) is 0 Å². The van der Waals surface area contributed by atoms with E-state index in [1.165, 1.54) is 6.42 Å². The highest BCUT2D eigenvalue weighted by molar-refractivity contribution is 14.0. The number of rotatable bonds is 7. The Bertz CT molecular complexity index is 604. The first-order chi connectivity index (χ1) is 13.0. The Morgan fingerprint density at radius 2 is 2.14 bits per heavy atom. The number of ether oxygens (including phenoxy) is 2. The Morgan fingerprint density at radius 3 is 2.82 bits per heavy atom. The van der Waals surface area contributed by atoms with Crippen molar-refractivity contribution in [2.24, 2.45) is 16.3 Å². The van der Waals surface area contributed by atoms with Gasteiger partial charge in [-0.2, -0.15) is 0 Å². The molecule has 7 heteroatoms. The van der Waals surface area contributed by atoms with Gasteiger partial charge in [0.15, 0.2) is 5.96 Å². The molecule has 0 aromatic carbocycles. The molecule has 2 atom stereocenters. The second-order valence-electron chi connectivity index (χ2n) is 8.18. The average molecular weight is 504 g/mol. The maximum atomic E-state index is 6.08. The van der Waals surface area contributed by atoms with Crippen LogP contribution in [0.5, 0.6) is 5.88 Å². The van der Waals surface area contributed by atoms with E-state index in [-0.39, 0.29) is 35.5 Å². The number of aliphatic imine (C=N–C) groups is 1. The van der Waals surface area contributed by atoms with Crippen LogP contribution in [0.15, 0.2) is 23.3 Å². The van der Waals surface area contributed by atoms with Crippen molar-refractivity contribution in [1.29, 1.82) is 0 Å². The fourth-order valence-electron chi connectivity index (χ4n) is 3.52. The van der Waals surface area contributed by atoms with Crippen molar-refractivity contribution in [1.82, 2.24) is 15.6 Å². The Morgan fingerprint density at radius 1 is 1.36 bits per heavy atom. The van der Waals surface area contributed by atoms with Crippen molar-refractivity contribution in [3.05, 3.63) is 23.9 Å². The van der Waals surface area contributed by atoms with Gasteiger partial charge in [0, 0.05) is 44.4 Å². The van der Waals surface area contributed by atoms with Crippen LogP contribution in [0.4, 0.5) is 0 Å². The second kappa shape index (κ2) is 12.5. The van der Waals surface area contributed by atoms with Crippen LogP contribution in [0.25, 0.3) is 0 Å². The monoisotopic (exact) mass is 504 g/mol. The van der Waals surface area contributed by atoms with Gasteiger partial charge in [0.25, 0.3) is 0 Å². The van der Waals surface area contributed by atoms with E-state index in [2.05, 4.69) is 48.3 Å². The molecule has 1 fully saturated rings. The van der Waals surface area contributed by atoms with Gasteiger partial charge in [-0.05, 0) is 30.7 Å². The zero-order valence-electron chi connectivity index (χ0n) is 18.0. The van der Waals surface area contributed by atoms with E-state index in [1.54, 1.807) is 13.2 Å². The minimum absolute atomic E-state index is 0. The normalized spacial score (nSPS) is 20.2. The van der Waals surface area contributed by atoms with Gasteiger partial charge >= 0.3 is 0 Å². The number of halogens is 1. The van der Waals surface area contributed by atoms with Crippen LogP contribution in [0.3, 0.4) is 0 Å². The zero-order chi connectivity index (χ0) is 19.7. The number of guanidine groups is 1. The second-order valence-corrected chi connectivity index (χ2v) is 8.18. The van der Waals surface area contributed by atoms with E-state index in [9.17, 15) is 0 Å². The summed E-state index contributed by atoms with van der Waals surface area (Å²) in [6.07, 6.45) is 5.30. The topological polar surface area (TPSA) is 67.8 Å². The Labute approximate surface area is 187 Å². The molecule has 1 aliphatic heterocycles. The third-order valence-corrected chi connectivity index (χ3v) is 4.79. The van der Waals surface area contributed by atoms with Gasteiger partial charge in [-0.25, -0.2) is 4.98 Å². The maximum absolute atomic E-state index is 6.08. The molecule has 0 saturated carbocycles. The average Bonchev–Trinajstić information content (AvgIpc) is 2.66. The van der Waals surface area contributed by atoms with E-state index in [4.69, 9.17) is 9.47 Å². The SMILES string of the molecule is CCCOc1ncccc1CNC(=NC)NCC1CCCOC1C(C)(C)C.I. The molecule has 1 saturated heterocycles. The highest BCUT2D eigenvalue weighted by Crippen LogP contribution is 2.33. The van der Waals surface area contributed by atoms with Crippen LogP contribution in [0.2, 0.25) is 0 Å². The van der Waals surface area contributed by atoms with Crippen LogP contribution < -0.4 is 15.4 Å². The van der Waals surface area contributed by atoms with E-state index < -0.39 is 0 Å². The highest BCUT2D eigenvalue weighted by Gasteiger charge is 2.35. The fraction of sp³-hybridized carbons (Fsp3) is 0.714. The lowest BCUT2D eigenvalue weighted by atomic mass is 9.78. The van der Waals surface area contributed by atoms with Gasteiger partial charge in [0.2, 0.25) is 5.88 Å². The molecule has 2 N–H and O–H groups in total. The molecular formula is C21H37IN4O2. The first-order valence-corrected chi connectivity index (χ1v) is 10.1. The molecule has 1 aromatic rings. The molecule has 0 bridgehead atoms. The molecule has 2 rings (SSSR count). The van der Waals surface area contributed by atoms with Crippen LogP contribution in [-0.2, 0) is 11.3 Å². The van der Waals surface area contributed by atoms with Gasteiger partial charge in [-0.3, -0.25) is 4.99 Å². The summed E-state index contributed by atoms with van der Waals surface area (Å²) in [6.45, 7) is 11.9. The third-order valence-electron chi connectivity index (χ3n) is 4.79. The van der Waals surface area contributed by atoms with Crippen LogP contribution in [0.1, 0.15) is 52.5 Å². The summed E-state index contributed by atoms with van der Waals surface area (Å²) in [4.78, 5) is 8.70. The number of aromatic nitrogens is 1. The van der Waals surface area contributed by atoms with Crippen LogP contribution in [-0.4, -0.2) is 43.9 Å². The van der Waals surface area contributed by atoms with Crippen molar-refractivity contribution in [3.63, 3.8) is 0 Å². The smallest absolute Gasteiger partial charge is 0.218 e. The summed E-state index contributed by atoms with van der Waals surface area (Å²) >= 11 is 0. The number of nitrogens with one attached hydrogen (secondary N) is 2. The summed E-state index contributed by atoms with van der Waals surface area (Å²) in [5.41, 5.74) is 1.17. The summed E-state index contributed by atoms with van der Waals surface area (Å²) in [5.74, 6) is 1.97. The highest BCUT2D eigenvalue weighted by atomic mass is 127. The standard InChI is InChI=1S/C21H36N4O2.HI/c1-6-12-27-19-17(9-7-11-23-19)15-25-20(22-5)24-14-16-10-8-13-26-18(16)21(2,3)4;/h7,9,11,16,18H,6,8,10,12-15H2,1-5H3,(H2,22,24,25);1H. The van der Waals surface area contributed by atoms with E-state index in [0.29, 0.717) is 24.9 Å². The first kappa shape index (κ1) is 24.9. The lowest BCUT2D eigenvalue weighted by Crippen LogP contribution is -2.47. The van der Waals surface area contributed by atoms with Crippen molar-refractivity contribution in [3.8, 4) is 5.88 Å². The molecule has 6 nitrogen and oxygen atoms in total. The molecule has 28 heavy (non-hydrogen) atoms. The molecule has 160 valence electrons. The quantitative estimate of drug-likeness (QED) is 0.334. The Hall–Kier alpha value is -1.09. The Kier molecular flexibility index (Phi) is 11.1. The molecule has 2 unspecified atom stereocenters. The van der Waals surface area contributed by atoms with Gasteiger partial charge < -0.3 is 20.1 Å². The molecule has 1 aromatic heterocycles. The summed E-state index contributed by atoms with van der Waals surface area (Å²) in [7, 11) is 1.80. The third kappa shape index (κ3) is 7.73. The van der Waals surface area contributed by atoms with Crippen LogP contribution >= 0.6 is 24.0 Å².